The number of H-pyrrole nitrogens is 2. The van der Waals surface area contributed by atoms with Gasteiger partial charge >= 0.3 is 12.1 Å². The van der Waals surface area contributed by atoms with Crippen molar-refractivity contribution >= 4 is 11.9 Å². The lowest BCUT2D eigenvalue weighted by molar-refractivity contribution is -0.192. The first-order chi connectivity index (χ1) is 23.9. The van der Waals surface area contributed by atoms with Crippen molar-refractivity contribution in [3.63, 3.8) is 0 Å². The Morgan fingerprint density at radius 1 is 0.820 bits per heavy atom. The Morgan fingerprint density at radius 3 is 1.84 bits per heavy atom. The number of hydrogen-bond donors (Lipinski definition) is 4. The number of aromatic amines is 2. The normalized spacial score (nSPS) is 17.7. The van der Waals surface area contributed by atoms with Gasteiger partial charge in [0, 0.05) is 49.7 Å². The average Bonchev–Trinajstić information content (AvgIpc) is 3.93. The summed E-state index contributed by atoms with van der Waals surface area (Å²) in [4.78, 5) is 37.3. The Balaban J connectivity index is 0.000000173. The summed E-state index contributed by atoms with van der Waals surface area (Å²) in [7, 11) is 0. The fourth-order valence-corrected chi connectivity index (χ4v) is 5.22. The third-order valence-corrected chi connectivity index (χ3v) is 7.70. The molecule has 0 aliphatic carbocycles. The summed E-state index contributed by atoms with van der Waals surface area (Å²) in [5.41, 5.74) is 1.42. The molecule has 5 aromatic rings. The van der Waals surface area contributed by atoms with Crippen LogP contribution in [-0.4, -0.2) is 84.5 Å². The number of aromatic nitrogens is 6. The van der Waals surface area contributed by atoms with Crippen LogP contribution in [0.25, 0.3) is 23.0 Å². The van der Waals surface area contributed by atoms with Gasteiger partial charge in [-0.1, -0.05) is 10.3 Å². The van der Waals surface area contributed by atoms with E-state index in [-0.39, 0.29) is 35.2 Å². The van der Waals surface area contributed by atoms with Crippen LogP contribution in [0.5, 0.6) is 0 Å². The standard InChI is InChI=1S/C18H16F2N4O2.C11H13FN4O.C2HF3O2/c19-13-5-3-11(4-6-13)18(25)24-7-1-2-12(10-24)17-22-16(23-26-17)15-8-14(20)9-21-15;12-8-4-9(14-6-8)10-15-11(17-16-10)7-2-1-3-13-5-7;3-2(4,5)1(6)7/h3-6,8-9,12,21H,1-2,7,10H2;4,6-7,13-14H,1-3,5H2;(H,6,7)/t12-;7-;/m00./s1. The molecule has 1 aromatic carbocycles. The van der Waals surface area contributed by atoms with Gasteiger partial charge < -0.3 is 34.3 Å². The minimum Gasteiger partial charge on any atom is -0.475 e. The lowest BCUT2D eigenvalue weighted by atomic mass is 9.97. The van der Waals surface area contributed by atoms with Crippen LogP contribution in [0.15, 0.2) is 57.8 Å². The second-order valence-electron chi connectivity index (χ2n) is 11.3. The van der Waals surface area contributed by atoms with E-state index in [4.69, 9.17) is 18.9 Å². The number of nitrogens with one attached hydrogen (secondary N) is 3. The topological polar surface area (TPSA) is 179 Å². The Labute approximate surface area is 279 Å². The SMILES string of the molecule is Fc1c[nH]c(-c2noc([C@H]3CCCNC3)n2)c1.O=C(O)C(F)(F)F.O=C(c1ccc(F)cc1)N1CCC[C@H](c2nc(-c3cc(F)c[nH]3)no2)C1. The molecule has 2 aliphatic heterocycles. The molecule has 0 bridgehead atoms. The van der Waals surface area contributed by atoms with Crippen LogP contribution in [0.3, 0.4) is 0 Å². The highest BCUT2D eigenvalue weighted by Crippen LogP contribution is 2.29. The molecule has 2 fully saturated rings. The molecule has 7 rings (SSSR count). The van der Waals surface area contributed by atoms with Crippen molar-refractivity contribution in [2.75, 3.05) is 26.2 Å². The van der Waals surface area contributed by atoms with Crippen LogP contribution in [0.4, 0.5) is 26.3 Å². The molecule has 6 heterocycles. The quantitative estimate of drug-likeness (QED) is 0.166. The fourth-order valence-electron chi connectivity index (χ4n) is 5.22. The number of alkyl halides is 3. The Morgan fingerprint density at radius 2 is 1.36 bits per heavy atom. The number of aliphatic carboxylic acids is 1. The molecule has 4 aromatic heterocycles. The van der Waals surface area contributed by atoms with Gasteiger partial charge in [0.05, 0.1) is 23.2 Å². The highest BCUT2D eigenvalue weighted by Gasteiger charge is 2.38. The monoisotopic (exact) mass is 708 g/mol. The molecule has 2 saturated heterocycles. The predicted octanol–water partition coefficient (Wildman–Crippen LogP) is 5.67. The fraction of sp³-hybridized carbons (Fsp3) is 0.355. The predicted molar refractivity (Wildman–Crippen MR) is 161 cm³/mol. The summed E-state index contributed by atoms with van der Waals surface area (Å²) in [6.07, 6.45) is 1.18. The molecule has 50 heavy (non-hydrogen) atoms. The maximum absolute atomic E-state index is 13.1. The van der Waals surface area contributed by atoms with Gasteiger partial charge in [0.15, 0.2) is 0 Å². The number of hydrogen-bond acceptors (Lipinski definition) is 9. The minimum absolute atomic E-state index is 0.0887. The largest absolute Gasteiger partial charge is 0.490 e. The number of carboxylic acid groups (broad SMARTS) is 1. The second-order valence-corrected chi connectivity index (χ2v) is 11.3. The molecular weight excluding hydrogens is 678 g/mol. The van der Waals surface area contributed by atoms with Crippen molar-refractivity contribution in [2.45, 2.75) is 43.7 Å². The van der Waals surface area contributed by atoms with Crippen molar-refractivity contribution in [3.8, 4) is 23.0 Å². The third-order valence-electron chi connectivity index (χ3n) is 7.70. The van der Waals surface area contributed by atoms with Gasteiger partial charge in [-0.2, -0.15) is 23.1 Å². The third kappa shape index (κ3) is 9.36. The van der Waals surface area contributed by atoms with Crippen molar-refractivity contribution < 1.29 is 50.1 Å². The molecule has 0 unspecified atom stereocenters. The van der Waals surface area contributed by atoms with Crippen LogP contribution >= 0.6 is 0 Å². The first-order valence-electron chi connectivity index (χ1n) is 15.3. The maximum Gasteiger partial charge on any atom is 0.490 e. The van der Waals surface area contributed by atoms with Gasteiger partial charge in [-0.05, 0) is 56.5 Å². The summed E-state index contributed by atoms with van der Waals surface area (Å²) in [6, 6.07) is 8.15. The summed E-state index contributed by atoms with van der Waals surface area (Å²) in [5, 5.41) is 18.2. The zero-order chi connectivity index (χ0) is 35.8. The number of amides is 1. The van der Waals surface area contributed by atoms with E-state index in [2.05, 4.69) is 35.6 Å². The van der Waals surface area contributed by atoms with Crippen LogP contribution in [-0.2, 0) is 4.79 Å². The van der Waals surface area contributed by atoms with E-state index in [1.807, 2.05) is 0 Å². The minimum atomic E-state index is -5.08. The molecule has 1 amide bonds. The zero-order valence-corrected chi connectivity index (χ0v) is 26.0. The van der Waals surface area contributed by atoms with Gasteiger partial charge in [0.25, 0.3) is 5.91 Å². The number of rotatable bonds is 5. The van der Waals surface area contributed by atoms with E-state index >= 15 is 0 Å². The first-order valence-corrected chi connectivity index (χ1v) is 15.3. The summed E-state index contributed by atoms with van der Waals surface area (Å²) >= 11 is 0. The molecule has 266 valence electrons. The number of carbonyl (C=O) groups excluding carboxylic acids is 1. The molecule has 4 N–H and O–H groups in total. The van der Waals surface area contributed by atoms with Crippen LogP contribution in [0, 0.1) is 17.5 Å². The van der Waals surface area contributed by atoms with Crippen molar-refractivity contribution in [1.29, 1.82) is 0 Å². The van der Waals surface area contributed by atoms with Crippen LogP contribution < -0.4 is 5.32 Å². The van der Waals surface area contributed by atoms with Gasteiger partial charge in [-0.3, -0.25) is 4.79 Å². The van der Waals surface area contributed by atoms with Crippen molar-refractivity contribution in [1.82, 2.24) is 40.5 Å². The van der Waals surface area contributed by atoms with E-state index in [1.54, 1.807) is 4.90 Å². The molecule has 0 spiro atoms. The number of carboxylic acids is 1. The zero-order valence-electron chi connectivity index (χ0n) is 26.0. The van der Waals surface area contributed by atoms with E-state index in [0.29, 0.717) is 47.6 Å². The highest BCUT2D eigenvalue weighted by atomic mass is 19.4. The number of benzene rings is 1. The van der Waals surface area contributed by atoms with Crippen LogP contribution in [0.1, 0.15) is 59.7 Å². The number of likely N-dealkylation sites (tertiary alicyclic amines) is 1. The second kappa shape index (κ2) is 15.8. The smallest absolute Gasteiger partial charge is 0.475 e. The molecule has 2 atom stereocenters. The molecule has 2 aliphatic rings. The summed E-state index contributed by atoms with van der Waals surface area (Å²) in [6.45, 7) is 2.96. The summed E-state index contributed by atoms with van der Waals surface area (Å²) < 4.78 is 81.3. The summed E-state index contributed by atoms with van der Waals surface area (Å²) in [5.74, 6) is -2.09. The Kier molecular flexibility index (Phi) is 11.3. The van der Waals surface area contributed by atoms with E-state index in [0.717, 1.165) is 38.8 Å². The lowest BCUT2D eigenvalue weighted by Crippen LogP contribution is -2.39. The van der Waals surface area contributed by atoms with Crippen LogP contribution in [0.2, 0.25) is 0 Å². The van der Waals surface area contributed by atoms with Crippen molar-refractivity contribution in [2.24, 2.45) is 0 Å². The van der Waals surface area contributed by atoms with Crippen molar-refractivity contribution in [3.05, 3.63) is 83.6 Å². The van der Waals surface area contributed by atoms with Gasteiger partial charge in [0.2, 0.25) is 23.4 Å². The number of piperidine rings is 2. The molecule has 19 heteroatoms. The number of nitrogens with zero attached hydrogens (tertiary/aromatic N) is 5. The Hall–Kier alpha value is -5.46. The van der Waals surface area contributed by atoms with E-state index in [1.165, 1.54) is 48.8 Å². The highest BCUT2D eigenvalue weighted by molar-refractivity contribution is 5.94. The average molecular weight is 709 g/mol. The van der Waals surface area contributed by atoms with E-state index < -0.39 is 18.0 Å². The van der Waals surface area contributed by atoms with Gasteiger partial charge in [0.1, 0.15) is 17.5 Å². The number of carbonyl (C=O) groups is 2. The number of halogens is 6. The van der Waals surface area contributed by atoms with Gasteiger partial charge in [-0.25, -0.2) is 18.0 Å². The molecule has 0 saturated carbocycles. The van der Waals surface area contributed by atoms with Gasteiger partial charge in [-0.15, -0.1) is 0 Å². The molecule has 13 nitrogen and oxygen atoms in total. The first kappa shape index (κ1) is 35.8. The maximum atomic E-state index is 13.1. The van der Waals surface area contributed by atoms with E-state index in [9.17, 15) is 31.1 Å². The molecular formula is C31H30F6N8O5. The Bertz CT molecular complexity index is 1860. The lowest BCUT2D eigenvalue weighted by Gasteiger charge is -2.31. The molecule has 0 radical (unpaired) electrons.